The van der Waals surface area contributed by atoms with Crippen molar-refractivity contribution in [1.82, 2.24) is 10.2 Å². The van der Waals surface area contributed by atoms with Crippen LogP contribution in [0.2, 0.25) is 0 Å². The van der Waals surface area contributed by atoms with Crippen molar-refractivity contribution in [3.8, 4) is 5.75 Å². The number of carbonyl (C=O) groups excluding carboxylic acids is 2. The molecule has 0 unspecified atom stereocenters. The fourth-order valence-electron chi connectivity index (χ4n) is 4.80. The van der Waals surface area contributed by atoms with Gasteiger partial charge in [0.05, 0.1) is 17.7 Å². The molecule has 0 fully saturated rings. The number of nitrogens with one attached hydrogen (secondary N) is 1. The summed E-state index contributed by atoms with van der Waals surface area (Å²) in [4.78, 5) is 29.2. The molecule has 0 aliphatic rings. The van der Waals surface area contributed by atoms with E-state index in [4.69, 9.17) is 4.74 Å². The Morgan fingerprint density at radius 1 is 0.848 bits per heavy atom. The molecule has 0 saturated carbocycles. The highest BCUT2D eigenvalue weighted by Crippen LogP contribution is 2.27. The first-order valence-corrected chi connectivity index (χ1v) is 16.2. The van der Waals surface area contributed by atoms with Crippen molar-refractivity contribution in [2.75, 3.05) is 24.5 Å². The highest BCUT2D eigenvalue weighted by atomic mass is 32.2. The Kier molecular flexibility index (Phi) is 11.5. The predicted molar refractivity (Wildman–Crippen MR) is 173 cm³/mol. The van der Waals surface area contributed by atoms with Gasteiger partial charge in [-0.05, 0) is 66.1 Å². The Hall–Kier alpha value is -4.77. The number of benzene rings is 4. The second kappa shape index (κ2) is 15.5. The normalized spacial score (nSPS) is 12.0. The molecule has 4 rings (SSSR count). The van der Waals surface area contributed by atoms with E-state index in [2.05, 4.69) is 5.32 Å². The van der Waals surface area contributed by atoms with Gasteiger partial charge in [-0.2, -0.15) is 0 Å². The van der Waals surface area contributed by atoms with Crippen LogP contribution in [0.5, 0.6) is 5.75 Å². The van der Waals surface area contributed by atoms with Gasteiger partial charge in [-0.25, -0.2) is 17.2 Å². The largest absolute Gasteiger partial charge is 0.497 e. The summed E-state index contributed by atoms with van der Waals surface area (Å²) in [7, 11) is -2.95. The van der Waals surface area contributed by atoms with Crippen molar-refractivity contribution in [1.29, 1.82) is 0 Å². The van der Waals surface area contributed by atoms with Crippen LogP contribution in [-0.4, -0.2) is 51.4 Å². The van der Waals surface area contributed by atoms with Crippen LogP contribution < -0.4 is 14.4 Å². The van der Waals surface area contributed by atoms with Gasteiger partial charge < -0.3 is 15.0 Å². The van der Waals surface area contributed by atoms with Crippen molar-refractivity contribution in [3.05, 3.63) is 126 Å². The zero-order valence-corrected chi connectivity index (χ0v) is 26.7. The molecule has 0 aliphatic heterocycles. The zero-order valence-electron chi connectivity index (χ0n) is 25.9. The Bertz CT molecular complexity index is 1720. The maximum absolute atomic E-state index is 15.0. The maximum atomic E-state index is 15.0. The zero-order chi connectivity index (χ0) is 33.3. The molecule has 2 amide bonds. The Morgan fingerprint density at radius 3 is 2.09 bits per heavy atom. The molecule has 4 aromatic carbocycles. The van der Waals surface area contributed by atoms with Crippen molar-refractivity contribution in [3.63, 3.8) is 0 Å². The minimum absolute atomic E-state index is 0.0280. The van der Waals surface area contributed by atoms with Crippen LogP contribution in [0.25, 0.3) is 0 Å². The summed E-state index contributed by atoms with van der Waals surface area (Å²) in [6, 6.07) is 24.1. The van der Waals surface area contributed by atoms with Gasteiger partial charge in [0.1, 0.15) is 30.0 Å². The number of hydrogen-bond donors (Lipinski definition) is 1. The van der Waals surface area contributed by atoms with Crippen LogP contribution in [0, 0.1) is 17.6 Å². The van der Waals surface area contributed by atoms with E-state index in [0.717, 1.165) is 22.0 Å². The van der Waals surface area contributed by atoms with Gasteiger partial charge in [0.25, 0.3) is 10.0 Å². The monoisotopic (exact) mass is 649 g/mol. The molecule has 0 spiro atoms. The van der Waals surface area contributed by atoms with Gasteiger partial charge in [0.2, 0.25) is 11.8 Å². The number of sulfonamides is 1. The van der Waals surface area contributed by atoms with E-state index in [1.54, 1.807) is 18.2 Å². The van der Waals surface area contributed by atoms with E-state index < -0.39 is 46.1 Å². The van der Waals surface area contributed by atoms with Gasteiger partial charge in [0, 0.05) is 25.1 Å². The van der Waals surface area contributed by atoms with E-state index in [1.807, 2.05) is 32.0 Å². The standard InChI is InChI=1S/C35H37F2N3O5S/c1-25(2)22-38-35(42)33(21-26-9-5-4-6-10-26)39(23-27-11-7-8-12-32(27)37)34(41)24-40(29-15-13-28(36)14-16-29)46(43,44)31-19-17-30(45-3)18-20-31/h4-20,25,33H,21-24H2,1-3H3,(H,38,42)/t33-/m0/s1. The minimum Gasteiger partial charge on any atom is -0.497 e. The van der Waals surface area contributed by atoms with Crippen molar-refractivity contribution >= 4 is 27.5 Å². The summed E-state index contributed by atoms with van der Waals surface area (Å²) >= 11 is 0. The first kappa shape index (κ1) is 34.1. The molecule has 0 aliphatic carbocycles. The molecule has 242 valence electrons. The Morgan fingerprint density at radius 2 is 1.48 bits per heavy atom. The van der Waals surface area contributed by atoms with Crippen molar-refractivity contribution < 1.29 is 31.5 Å². The van der Waals surface area contributed by atoms with Crippen molar-refractivity contribution in [2.24, 2.45) is 5.92 Å². The Balaban J connectivity index is 1.80. The molecule has 0 saturated heterocycles. The van der Waals surface area contributed by atoms with Crippen LogP contribution >= 0.6 is 0 Å². The third-order valence-corrected chi connectivity index (χ3v) is 9.08. The molecule has 0 aromatic heterocycles. The summed E-state index contributed by atoms with van der Waals surface area (Å²) in [5.41, 5.74) is 0.928. The molecule has 8 nitrogen and oxygen atoms in total. The van der Waals surface area contributed by atoms with E-state index in [1.165, 1.54) is 66.6 Å². The highest BCUT2D eigenvalue weighted by molar-refractivity contribution is 7.92. The molecule has 11 heteroatoms. The van der Waals surface area contributed by atoms with Crippen LogP contribution in [-0.2, 0) is 32.6 Å². The molecule has 4 aromatic rings. The van der Waals surface area contributed by atoms with Crippen LogP contribution in [0.1, 0.15) is 25.0 Å². The number of nitrogens with zero attached hydrogens (tertiary/aromatic N) is 2. The molecular weight excluding hydrogens is 612 g/mol. The van der Waals surface area contributed by atoms with Gasteiger partial charge in [0.15, 0.2) is 0 Å². The molecule has 46 heavy (non-hydrogen) atoms. The molecule has 0 bridgehead atoms. The molecular formula is C35H37F2N3O5S. The molecule has 0 radical (unpaired) electrons. The molecule has 0 heterocycles. The molecule has 1 atom stereocenters. The lowest BCUT2D eigenvalue weighted by Crippen LogP contribution is -2.53. The van der Waals surface area contributed by atoms with Crippen LogP contribution in [0.3, 0.4) is 0 Å². The smallest absolute Gasteiger partial charge is 0.264 e. The SMILES string of the molecule is COc1ccc(S(=O)(=O)N(CC(=O)N(Cc2ccccc2F)[C@@H](Cc2ccccc2)C(=O)NCC(C)C)c2ccc(F)cc2)cc1. The third kappa shape index (κ3) is 8.69. The van der Waals surface area contributed by atoms with Gasteiger partial charge in [-0.3, -0.25) is 13.9 Å². The maximum Gasteiger partial charge on any atom is 0.264 e. The Labute approximate surface area is 268 Å². The lowest BCUT2D eigenvalue weighted by Gasteiger charge is -2.34. The highest BCUT2D eigenvalue weighted by Gasteiger charge is 2.35. The average molecular weight is 650 g/mol. The topological polar surface area (TPSA) is 96.0 Å². The lowest BCUT2D eigenvalue weighted by atomic mass is 10.0. The van der Waals surface area contributed by atoms with Crippen molar-refractivity contribution in [2.45, 2.75) is 37.8 Å². The summed E-state index contributed by atoms with van der Waals surface area (Å²) in [5, 5.41) is 2.88. The summed E-state index contributed by atoms with van der Waals surface area (Å²) in [6.07, 6.45) is 0.0900. The summed E-state index contributed by atoms with van der Waals surface area (Å²) in [5.74, 6) is -1.86. The number of anilines is 1. The average Bonchev–Trinajstić information content (AvgIpc) is 3.05. The quantitative estimate of drug-likeness (QED) is 0.193. The number of halogens is 2. The third-order valence-electron chi connectivity index (χ3n) is 7.30. The number of hydrogen-bond acceptors (Lipinski definition) is 5. The van der Waals surface area contributed by atoms with E-state index >= 15 is 4.39 Å². The fourth-order valence-corrected chi connectivity index (χ4v) is 6.21. The van der Waals surface area contributed by atoms with E-state index in [-0.39, 0.29) is 35.0 Å². The van der Waals surface area contributed by atoms with E-state index in [9.17, 15) is 22.4 Å². The van der Waals surface area contributed by atoms with Crippen LogP contribution in [0.15, 0.2) is 108 Å². The van der Waals surface area contributed by atoms with Crippen LogP contribution in [0.4, 0.5) is 14.5 Å². The molecule has 1 N–H and O–H groups in total. The minimum atomic E-state index is -4.39. The number of methoxy groups -OCH3 is 1. The summed E-state index contributed by atoms with van der Waals surface area (Å²) < 4.78 is 63.0. The van der Waals surface area contributed by atoms with Gasteiger partial charge >= 0.3 is 0 Å². The summed E-state index contributed by atoms with van der Waals surface area (Å²) in [6.45, 7) is 3.13. The van der Waals surface area contributed by atoms with Gasteiger partial charge in [-0.1, -0.05) is 62.4 Å². The number of amides is 2. The first-order chi connectivity index (χ1) is 22.0. The first-order valence-electron chi connectivity index (χ1n) is 14.8. The fraction of sp³-hybridized carbons (Fsp3) is 0.257. The number of ether oxygens (including phenoxy) is 1. The number of rotatable bonds is 14. The second-order valence-electron chi connectivity index (χ2n) is 11.1. The predicted octanol–water partition coefficient (Wildman–Crippen LogP) is 5.58. The van der Waals surface area contributed by atoms with Gasteiger partial charge in [-0.15, -0.1) is 0 Å². The lowest BCUT2D eigenvalue weighted by molar-refractivity contribution is -0.140. The second-order valence-corrected chi connectivity index (χ2v) is 13.0. The van der Waals surface area contributed by atoms with E-state index in [0.29, 0.717) is 12.3 Å². The number of carbonyl (C=O) groups is 2.